The minimum absolute atomic E-state index is 0.157. The van der Waals surface area contributed by atoms with Crippen molar-refractivity contribution in [3.63, 3.8) is 0 Å². The largest absolute Gasteiger partial charge is 0.497 e. The molecule has 1 aromatic heterocycles. The Balaban J connectivity index is 1.34. The van der Waals surface area contributed by atoms with Crippen LogP contribution in [-0.4, -0.2) is 73.1 Å². The van der Waals surface area contributed by atoms with Gasteiger partial charge in [-0.3, -0.25) is 4.79 Å². The number of aromatic nitrogens is 2. The van der Waals surface area contributed by atoms with Gasteiger partial charge < -0.3 is 23.8 Å². The summed E-state index contributed by atoms with van der Waals surface area (Å²) in [5, 5.41) is 0.864. The van der Waals surface area contributed by atoms with Gasteiger partial charge in [0.15, 0.2) is 5.16 Å². The van der Waals surface area contributed by atoms with E-state index in [4.69, 9.17) is 14.5 Å². The van der Waals surface area contributed by atoms with E-state index in [1.54, 1.807) is 14.2 Å². The summed E-state index contributed by atoms with van der Waals surface area (Å²) in [4.78, 5) is 21.8. The number of carbonyl (C=O) groups excluding carboxylic acids is 1. The highest BCUT2D eigenvalue weighted by Crippen LogP contribution is 2.25. The van der Waals surface area contributed by atoms with Crippen molar-refractivity contribution in [1.82, 2.24) is 14.5 Å². The molecule has 1 saturated heterocycles. The molecule has 1 fully saturated rings. The van der Waals surface area contributed by atoms with E-state index in [1.807, 2.05) is 35.2 Å². The first-order valence-corrected chi connectivity index (χ1v) is 11.4. The third-order valence-electron chi connectivity index (χ3n) is 5.53. The molecule has 0 saturated carbocycles. The Morgan fingerprint density at radius 3 is 2.48 bits per heavy atom. The number of thioether (sulfide) groups is 1. The van der Waals surface area contributed by atoms with E-state index in [0.717, 1.165) is 53.8 Å². The van der Waals surface area contributed by atoms with Gasteiger partial charge in [-0.05, 0) is 36.4 Å². The zero-order valence-electron chi connectivity index (χ0n) is 18.0. The number of benzene rings is 2. The zero-order chi connectivity index (χ0) is 21.6. The van der Waals surface area contributed by atoms with Crippen LogP contribution in [0.2, 0.25) is 0 Å². The Bertz CT molecular complexity index is 1010. The van der Waals surface area contributed by atoms with Gasteiger partial charge in [-0.2, -0.15) is 0 Å². The van der Waals surface area contributed by atoms with Gasteiger partial charge in [-0.25, -0.2) is 4.98 Å². The number of anilines is 1. The summed E-state index contributed by atoms with van der Waals surface area (Å²) in [6.45, 7) is 4.43. The number of hydrogen-bond donors (Lipinski definition) is 0. The van der Waals surface area contributed by atoms with Crippen molar-refractivity contribution in [1.29, 1.82) is 0 Å². The molecule has 164 valence electrons. The Hall–Kier alpha value is -2.71. The number of hydrogen-bond acceptors (Lipinski definition) is 6. The number of ether oxygens (including phenoxy) is 2. The molecular weight excluding hydrogens is 412 g/mol. The lowest BCUT2D eigenvalue weighted by Crippen LogP contribution is -2.49. The van der Waals surface area contributed by atoms with Crippen LogP contribution in [0, 0.1) is 0 Å². The molecule has 4 rings (SSSR count). The molecule has 0 unspecified atom stereocenters. The lowest BCUT2D eigenvalue weighted by atomic mass is 10.2. The molecule has 0 radical (unpaired) electrons. The molecule has 8 heteroatoms. The van der Waals surface area contributed by atoms with Gasteiger partial charge in [0.1, 0.15) is 5.75 Å². The number of rotatable bonds is 8. The highest BCUT2D eigenvalue weighted by atomic mass is 32.2. The summed E-state index contributed by atoms with van der Waals surface area (Å²) in [5.74, 6) is 1.40. The first-order chi connectivity index (χ1) is 15.2. The second-order valence-corrected chi connectivity index (χ2v) is 8.32. The first-order valence-electron chi connectivity index (χ1n) is 10.4. The maximum Gasteiger partial charge on any atom is 0.233 e. The molecule has 0 spiro atoms. The smallest absolute Gasteiger partial charge is 0.233 e. The normalized spacial score (nSPS) is 14.3. The lowest BCUT2D eigenvalue weighted by molar-refractivity contribution is -0.128. The third-order valence-corrected chi connectivity index (χ3v) is 6.49. The molecule has 0 bridgehead atoms. The number of carbonyl (C=O) groups is 1. The SMILES string of the molecule is COCCn1c(SCC(=O)N2CCN(c3ccc(OC)cc3)CC2)nc2ccccc21. The fourth-order valence-corrected chi connectivity index (χ4v) is 4.73. The number of nitrogens with zero attached hydrogens (tertiary/aromatic N) is 4. The second kappa shape index (κ2) is 10.1. The minimum Gasteiger partial charge on any atom is -0.497 e. The molecule has 0 N–H and O–H groups in total. The van der Waals surface area contributed by atoms with Crippen molar-refractivity contribution in [2.24, 2.45) is 0 Å². The van der Waals surface area contributed by atoms with Crippen LogP contribution in [0.4, 0.5) is 5.69 Å². The van der Waals surface area contributed by atoms with Crippen molar-refractivity contribution >= 4 is 34.4 Å². The van der Waals surface area contributed by atoms with Crippen LogP contribution >= 0.6 is 11.8 Å². The van der Waals surface area contributed by atoms with Crippen LogP contribution in [0.5, 0.6) is 5.75 Å². The summed E-state index contributed by atoms with van der Waals surface area (Å²) in [6, 6.07) is 16.1. The summed E-state index contributed by atoms with van der Waals surface area (Å²) < 4.78 is 12.6. The van der Waals surface area contributed by atoms with Crippen molar-refractivity contribution in [3.05, 3.63) is 48.5 Å². The standard InChI is InChI=1S/C23H28N4O3S/c1-29-16-15-27-21-6-4-3-5-20(21)24-23(27)31-17-22(28)26-13-11-25(12-14-26)18-7-9-19(30-2)10-8-18/h3-10H,11-17H2,1-2H3. The van der Waals surface area contributed by atoms with Crippen LogP contribution < -0.4 is 9.64 Å². The molecule has 2 aromatic carbocycles. The van der Waals surface area contributed by atoms with Crippen molar-refractivity contribution in [2.75, 3.05) is 57.7 Å². The van der Waals surface area contributed by atoms with E-state index in [-0.39, 0.29) is 5.91 Å². The van der Waals surface area contributed by atoms with Gasteiger partial charge in [-0.1, -0.05) is 23.9 Å². The van der Waals surface area contributed by atoms with Crippen LogP contribution in [0.25, 0.3) is 11.0 Å². The van der Waals surface area contributed by atoms with Gasteiger partial charge in [0, 0.05) is 45.5 Å². The van der Waals surface area contributed by atoms with Gasteiger partial charge in [-0.15, -0.1) is 0 Å². The molecule has 1 aliphatic rings. The van der Waals surface area contributed by atoms with Gasteiger partial charge in [0.2, 0.25) is 5.91 Å². The average Bonchev–Trinajstić information content (AvgIpc) is 3.18. The Morgan fingerprint density at radius 2 is 1.77 bits per heavy atom. The Kier molecular flexibility index (Phi) is 6.99. The van der Waals surface area contributed by atoms with Crippen molar-refractivity contribution < 1.29 is 14.3 Å². The van der Waals surface area contributed by atoms with E-state index >= 15 is 0 Å². The highest BCUT2D eigenvalue weighted by Gasteiger charge is 2.22. The number of imidazole rings is 1. The van der Waals surface area contributed by atoms with Crippen LogP contribution in [-0.2, 0) is 16.1 Å². The van der Waals surface area contributed by atoms with E-state index in [1.165, 1.54) is 11.8 Å². The predicted molar refractivity (Wildman–Crippen MR) is 124 cm³/mol. The van der Waals surface area contributed by atoms with Crippen LogP contribution in [0.15, 0.2) is 53.7 Å². The van der Waals surface area contributed by atoms with Crippen LogP contribution in [0.3, 0.4) is 0 Å². The summed E-state index contributed by atoms with van der Waals surface area (Å²) in [5.41, 5.74) is 3.18. The second-order valence-electron chi connectivity index (χ2n) is 7.38. The number of piperazine rings is 1. The average molecular weight is 441 g/mol. The van der Waals surface area contributed by atoms with Gasteiger partial charge in [0.25, 0.3) is 0 Å². The van der Waals surface area contributed by atoms with Crippen molar-refractivity contribution in [3.8, 4) is 5.75 Å². The fourth-order valence-electron chi connectivity index (χ4n) is 3.79. The summed E-state index contributed by atoms with van der Waals surface area (Å²) in [6.07, 6.45) is 0. The number of amides is 1. The molecular formula is C23H28N4O3S. The Morgan fingerprint density at radius 1 is 1.03 bits per heavy atom. The number of para-hydroxylation sites is 2. The van der Waals surface area contributed by atoms with E-state index < -0.39 is 0 Å². The third kappa shape index (κ3) is 4.97. The van der Waals surface area contributed by atoms with Gasteiger partial charge >= 0.3 is 0 Å². The summed E-state index contributed by atoms with van der Waals surface area (Å²) in [7, 11) is 3.37. The number of methoxy groups -OCH3 is 2. The maximum atomic E-state index is 12.8. The molecule has 31 heavy (non-hydrogen) atoms. The molecule has 0 atom stereocenters. The molecule has 1 aliphatic heterocycles. The van der Waals surface area contributed by atoms with E-state index in [0.29, 0.717) is 18.9 Å². The quantitative estimate of drug-likeness (QED) is 0.502. The topological polar surface area (TPSA) is 59.8 Å². The minimum atomic E-state index is 0.157. The zero-order valence-corrected chi connectivity index (χ0v) is 18.8. The predicted octanol–water partition coefficient (Wildman–Crippen LogP) is 3.13. The fraction of sp³-hybridized carbons (Fsp3) is 0.391. The monoisotopic (exact) mass is 440 g/mol. The molecule has 1 amide bonds. The highest BCUT2D eigenvalue weighted by molar-refractivity contribution is 7.99. The molecule has 2 heterocycles. The van der Waals surface area contributed by atoms with Crippen LogP contribution in [0.1, 0.15) is 0 Å². The lowest BCUT2D eigenvalue weighted by Gasteiger charge is -2.36. The molecule has 0 aliphatic carbocycles. The number of fused-ring (bicyclic) bond motifs is 1. The van der Waals surface area contributed by atoms with Crippen molar-refractivity contribution in [2.45, 2.75) is 11.7 Å². The van der Waals surface area contributed by atoms with E-state index in [2.05, 4.69) is 27.7 Å². The first kappa shape index (κ1) is 21.5. The van der Waals surface area contributed by atoms with E-state index in [9.17, 15) is 4.79 Å². The molecule has 7 nitrogen and oxygen atoms in total. The Labute approximate surface area is 186 Å². The van der Waals surface area contributed by atoms with Gasteiger partial charge in [0.05, 0.1) is 30.5 Å². The summed E-state index contributed by atoms with van der Waals surface area (Å²) >= 11 is 1.50. The maximum absolute atomic E-state index is 12.8. The molecule has 3 aromatic rings.